The molecule has 2 bridgehead atoms. The van der Waals surface area contributed by atoms with Crippen molar-refractivity contribution in [2.24, 2.45) is 23.2 Å². The SMILES string of the molecule is CC12C=CC(C1)C1CCC12. The van der Waals surface area contributed by atoms with Crippen LogP contribution in [0, 0.1) is 23.2 Å². The van der Waals surface area contributed by atoms with Crippen molar-refractivity contribution >= 4 is 0 Å². The lowest BCUT2D eigenvalue weighted by Crippen LogP contribution is -2.33. The normalized spacial score (nSPS) is 62.3. The molecule has 2 fully saturated rings. The molecule has 0 aromatic heterocycles. The fourth-order valence-electron chi connectivity index (χ4n) is 3.41. The Hall–Kier alpha value is -0.260. The summed E-state index contributed by atoms with van der Waals surface area (Å²) in [5.41, 5.74) is 0.646. The van der Waals surface area contributed by atoms with E-state index in [0.29, 0.717) is 5.41 Å². The van der Waals surface area contributed by atoms with Gasteiger partial charge in [0.1, 0.15) is 0 Å². The lowest BCUT2D eigenvalue weighted by Gasteiger charge is -2.42. The van der Waals surface area contributed by atoms with Crippen LogP contribution in [0.3, 0.4) is 0 Å². The fraction of sp³-hybridized carbons (Fsp3) is 0.800. The maximum absolute atomic E-state index is 2.48. The molecule has 0 heterocycles. The average Bonchev–Trinajstić information content (AvgIpc) is 2.14. The van der Waals surface area contributed by atoms with E-state index >= 15 is 0 Å². The van der Waals surface area contributed by atoms with Crippen LogP contribution >= 0.6 is 0 Å². The Morgan fingerprint density at radius 1 is 1.40 bits per heavy atom. The quantitative estimate of drug-likeness (QED) is 0.447. The van der Waals surface area contributed by atoms with Crippen LogP contribution in [0.5, 0.6) is 0 Å². The smallest absolute Gasteiger partial charge is 0.0110 e. The monoisotopic (exact) mass is 134 g/mol. The zero-order valence-electron chi connectivity index (χ0n) is 6.51. The summed E-state index contributed by atoms with van der Waals surface area (Å²) >= 11 is 0. The van der Waals surface area contributed by atoms with E-state index < -0.39 is 0 Å². The van der Waals surface area contributed by atoms with Crippen LogP contribution in [-0.2, 0) is 0 Å². The summed E-state index contributed by atoms with van der Waals surface area (Å²) in [6, 6.07) is 0. The van der Waals surface area contributed by atoms with Gasteiger partial charge in [0.2, 0.25) is 0 Å². The van der Waals surface area contributed by atoms with E-state index in [0.717, 1.165) is 17.8 Å². The molecular formula is C10H14. The third-order valence-electron chi connectivity index (χ3n) is 4.12. The predicted molar refractivity (Wildman–Crippen MR) is 41.6 cm³/mol. The van der Waals surface area contributed by atoms with Crippen LogP contribution in [0.25, 0.3) is 0 Å². The highest BCUT2D eigenvalue weighted by atomic mass is 14.6. The van der Waals surface area contributed by atoms with E-state index in [9.17, 15) is 0 Å². The van der Waals surface area contributed by atoms with Gasteiger partial charge in [0.15, 0.2) is 0 Å². The summed E-state index contributed by atoms with van der Waals surface area (Å²) in [5, 5.41) is 0. The summed E-state index contributed by atoms with van der Waals surface area (Å²) < 4.78 is 0. The van der Waals surface area contributed by atoms with Gasteiger partial charge in [0, 0.05) is 0 Å². The van der Waals surface area contributed by atoms with Crippen LogP contribution < -0.4 is 0 Å². The van der Waals surface area contributed by atoms with Gasteiger partial charge < -0.3 is 0 Å². The van der Waals surface area contributed by atoms with Crippen LogP contribution in [-0.4, -0.2) is 0 Å². The number of hydrogen-bond acceptors (Lipinski definition) is 0. The van der Waals surface area contributed by atoms with Gasteiger partial charge >= 0.3 is 0 Å². The second-order valence-electron chi connectivity index (χ2n) is 4.58. The molecule has 10 heavy (non-hydrogen) atoms. The molecule has 2 saturated carbocycles. The molecule has 0 saturated heterocycles. The van der Waals surface area contributed by atoms with Crippen LogP contribution in [0.2, 0.25) is 0 Å². The minimum atomic E-state index is 0.646. The summed E-state index contributed by atoms with van der Waals surface area (Å²) in [7, 11) is 0. The van der Waals surface area contributed by atoms with Crippen molar-refractivity contribution in [2.75, 3.05) is 0 Å². The van der Waals surface area contributed by atoms with Crippen LogP contribution in [0.15, 0.2) is 12.2 Å². The van der Waals surface area contributed by atoms with Gasteiger partial charge in [-0.25, -0.2) is 0 Å². The molecule has 3 aliphatic carbocycles. The highest BCUT2D eigenvalue weighted by Crippen LogP contribution is 2.64. The first-order valence-corrected chi connectivity index (χ1v) is 4.49. The first kappa shape index (κ1) is 5.40. The number of hydrogen-bond donors (Lipinski definition) is 0. The lowest BCUT2D eigenvalue weighted by molar-refractivity contribution is 0.116. The average molecular weight is 134 g/mol. The van der Waals surface area contributed by atoms with E-state index in [4.69, 9.17) is 0 Å². The van der Waals surface area contributed by atoms with Crippen molar-refractivity contribution in [3.05, 3.63) is 12.2 Å². The molecule has 4 atom stereocenters. The Balaban J connectivity index is 2.07. The van der Waals surface area contributed by atoms with E-state index in [1.807, 2.05) is 0 Å². The zero-order chi connectivity index (χ0) is 6.77. The molecule has 0 aliphatic heterocycles. The highest BCUT2D eigenvalue weighted by Gasteiger charge is 2.55. The summed E-state index contributed by atoms with van der Waals surface area (Å²) in [6.45, 7) is 2.45. The van der Waals surface area contributed by atoms with E-state index in [2.05, 4.69) is 19.1 Å². The molecule has 3 rings (SSSR count). The van der Waals surface area contributed by atoms with Gasteiger partial charge in [-0.1, -0.05) is 19.1 Å². The Morgan fingerprint density at radius 3 is 2.70 bits per heavy atom. The van der Waals surface area contributed by atoms with E-state index in [1.165, 1.54) is 19.3 Å². The van der Waals surface area contributed by atoms with Crippen molar-refractivity contribution in [3.63, 3.8) is 0 Å². The molecule has 0 radical (unpaired) electrons. The van der Waals surface area contributed by atoms with Crippen molar-refractivity contribution in [2.45, 2.75) is 26.2 Å². The van der Waals surface area contributed by atoms with Gasteiger partial charge in [0.05, 0.1) is 0 Å². The summed E-state index contributed by atoms with van der Waals surface area (Å²) in [5.74, 6) is 3.18. The topological polar surface area (TPSA) is 0 Å². The molecule has 3 aliphatic rings. The van der Waals surface area contributed by atoms with Gasteiger partial charge in [-0.15, -0.1) is 0 Å². The van der Waals surface area contributed by atoms with Crippen molar-refractivity contribution in [3.8, 4) is 0 Å². The first-order valence-electron chi connectivity index (χ1n) is 4.49. The third kappa shape index (κ3) is 0.398. The molecule has 0 nitrogen and oxygen atoms in total. The second kappa shape index (κ2) is 1.34. The van der Waals surface area contributed by atoms with E-state index in [1.54, 1.807) is 0 Å². The summed E-state index contributed by atoms with van der Waals surface area (Å²) in [4.78, 5) is 0. The minimum absolute atomic E-state index is 0.646. The third-order valence-corrected chi connectivity index (χ3v) is 4.12. The molecule has 0 aromatic carbocycles. The van der Waals surface area contributed by atoms with E-state index in [-0.39, 0.29) is 0 Å². The maximum Gasteiger partial charge on any atom is -0.0110 e. The highest BCUT2D eigenvalue weighted by molar-refractivity contribution is 5.22. The molecule has 0 amide bonds. The van der Waals surface area contributed by atoms with Gasteiger partial charge in [-0.3, -0.25) is 0 Å². The Bertz CT molecular complexity index is 204. The zero-order valence-corrected chi connectivity index (χ0v) is 6.51. The number of fused-ring (bicyclic) bond motifs is 5. The molecule has 0 spiro atoms. The van der Waals surface area contributed by atoms with Gasteiger partial charge in [-0.05, 0) is 42.4 Å². The fourth-order valence-corrected chi connectivity index (χ4v) is 3.41. The van der Waals surface area contributed by atoms with Crippen molar-refractivity contribution in [1.29, 1.82) is 0 Å². The minimum Gasteiger partial charge on any atom is -0.0845 e. The largest absolute Gasteiger partial charge is 0.0845 e. The van der Waals surface area contributed by atoms with Crippen LogP contribution in [0.4, 0.5) is 0 Å². The lowest BCUT2D eigenvalue weighted by atomic mass is 9.63. The first-order chi connectivity index (χ1) is 4.80. The van der Waals surface area contributed by atoms with Crippen molar-refractivity contribution < 1.29 is 0 Å². The van der Waals surface area contributed by atoms with Gasteiger partial charge in [-0.2, -0.15) is 0 Å². The van der Waals surface area contributed by atoms with Crippen molar-refractivity contribution in [1.82, 2.24) is 0 Å². The standard InChI is InChI=1S/C10H14/c1-10-5-4-7(6-10)8-2-3-9(8)10/h4-5,7-9H,2-3,6H2,1H3. The maximum atomic E-state index is 2.48. The molecular weight excluding hydrogens is 120 g/mol. The molecule has 4 unspecified atom stereocenters. The Morgan fingerprint density at radius 2 is 2.30 bits per heavy atom. The number of rotatable bonds is 0. The number of allylic oxidation sites excluding steroid dienone is 2. The second-order valence-corrected chi connectivity index (χ2v) is 4.58. The molecule has 0 aromatic rings. The van der Waals surface area contributed by atoms with Crippen LogP contribution in [0.1, 0.15) is 26.2 Å². The molecule has 54 valence electrons. The molecule has 0 N–H and O–H groups in total. The summed E-state index contributed by atoms with van der Waals surface area (Å²) in [6.07, 6.45) is 9.47. The van der Waals surface area contributed by atoms with Gasteiger partial charge in [0.25, 0.3) is 0 Å². The Labute approximate surface area is 62.3 Å². The Kier molecular flexibility index (Phi) is 0.725. The predicted octanol–water partition coefficient (Wildman–Crippen LogP) is 2.61. The molecule has 0 heteroatoms.